The Labute approximate surface area is 199 Å². The molecule has 1 atom stereocenters. The predicted octanol–water partition coefficient (Wildman–Crippen LogP) is 5.06. The van der Waals surface area contributed by atoms with E-state index in [4.69, 9.17) is 23.4 Å². The number of ether oxygens (including phenoxy) is 4. The van der Waals surface area contributed by atoms with Crippen molar-refractivity contribution in [1.82, 2.24) is 10.3 Å². The van der Waals surface area contributed by atoms with E-state index < -0.39 is 23.7 Å². The third-order valence-electron chi connectivity index (χ3n) is 5.39. The van der Waals surface area contributed by atoms with Crippen LogP contribution < -0.4 is 19.5 Å². The van der Waals surface area contributed by atoms with Crippen molar-refractivity contribution in [3.05, 3.63) is 36.0 Å². The summed E-state index contributed by atoms with van der Waals surface area (Å²) in [5.41, 5.74) is -0.697. The molecule has 184 valence electrons. The van der Waals surface area contributed by atoms with Crippen LogP contribution in [0.25, 0.3) is 0 Å². The number of amides is 1. The van der Waals surface area contributed by atoms with Crippen LogP contribution in [-0.2, 0) is 4.74 Å². The van der Waals surface area contributed by atoms with Crippen molar-refractivity contribution >= 4 is 12.1 Å². The van der Waals surface area contributed by atoms with Gasteiger partial charge >= 0.3 is 12.1 Å². The van der Waals surface area contributed by atoms with Crippen LogP contribution in [-0.4, -0.2) is 35.9 Å². The standard InChI is InChI=1S/C25H32N2O7/c1-15(27-24(29)34-25(2,3)4)21-20(26-14-32-21)23(28)33-19-7-5-6-18(30-12-16-8-9-16)22(19)31-13-17-10-11-17/h5-7,14-17H,8-13H2,1-4H3,(H,27,29)/t15-/m0/s1. The lowest BCUT2D eigenvalue weighted by molar-refractivity contribution is 0.0499. The normalized spacial score (nSPS) is 16.5. The molecule has 0 bridgehead atoms. The second-order valence-corrected chi connectivity index (χ2v) is 9.91. The van der Waals surface area contributed by atoms with E-state index in [2.05, 4.69) is 10.3 Å². The Kier molecular flexibility index (Phi) is 7.00. The first-order valence-electron chi connectivity index (χ1n) is 11.7. The zero-order valence-corrected chi connectivity index (χ0v) is 20.1. The topological polar surface area (TPSA) is 109 Å². The van der Waals surface area contributed by atoms with Gasteiger partial charge in [0.05, 0.1) is 19.3 Å². The van der Waals surface area contributed by atoms with Crippen molar-refractivity contribution in [3.8, 4) is 17.2 Å². The molecule has 9 nitrogen and oxygen atoms in total. The minimum atomic E-state index is -0.725. The molecule has 2 fully saturated rings. The predicted molar refractivity (Wildman–Crippen MR) is 122 cm³/mol. The minimum Gasteiger partial charge on any atom is -0.489 e. The fourth-order valence-electron chi connectivity index (χ4n) is 3.22. The average molecular weight is 473 g/mol. The molecular formula is C25H32N2O7. The monoisotopic (exact) mass is 472 g/mol. The van der Waals surface area contributed by atoms with Crippen LogP contribution in [0.4, 0.5) is 4.79 Å². The van der Waals surface area contributed by atoms with Gasteiger partial charge in [-0.25, -0.2) is 14.6 Å². The lowest BCUT2D eigenvalue weighted by atomic mass is 10.2. The third-order valence-corrected chi connectivity index (χ3v) is 5.39. The number of aromatic nitrogens is 1. The SMILES string of the molecule is C[C@H](NC(=O)OC(C)(C)C)c1ocnc1C(=O)Oc1cccc(OCC2CC2)c1OCC1CC1. The summed E-state index contributed by atoms with van der Waals surface area (Å²) in [7, 11) is 0. The van der Waals surface area contributed by atoms with Gasteiger partial charge in [0.2, 0.25) is 5.75 Å². The molecule has 2 saturated carbocycles. The summed E-state index contributed by atoms with van der Waals surface area (Å²) >= 11 is 0. The number of para-hydroxylation sites is 1. The van der Waals surface area contributed by atoms with E-state index in [0.29, 0.717) is 36.5 Å². The molecule has 1 aromatic heterocycles. The molecule has 34 heavy (non-hydrogen) atoms. The fourth-order valence-corrected chi connectivity index (χ4v) is 3.22. The van der Waals surface area contributed by atoms with Crippen molar-refractivity contribution < 1.29 is 33.0 Å². The highest BCUT2D eigenvalue weighted by atomic mass is 16.6. The molecule has 0 saturated heterocycles. The van der Waals surface area contributed by atoms with E-state index in [1.54, 1.807) is 39.8 Å². The Morgan fingerprint density at radius 2 is 1.74 bits per heavy atom. The van der Waals surface area contributed by atoms with Gasteiger partial charge in [0.1, 0.15) is 5.60 Å². The van der Waals surface area contributed by atoms with Crippen LogP contribution >= 0.6 is 0 Å². The van der Waals surface area contributed by atoms with Crippen molar-refractivity contribution in [2.45, 2.75) is 65.0 Å². The van der Waals surface area contributed by atoms with Crippen LogP contribution in [0.2, 0.25) is 0 Å². The molecule has 2 aliphatic rings. The molecule has 9 heteroatoms. The second-order valence-electron chi connectivity index (χ2n) is 9.91. The van der Waals surface area contributed by atoms with Crippen molar-refractivity contribution in [3.63, 3.8) is 0 Å². The number of benzene rings is 1. The van der Waals surface area contributed by atoms with Gasteiger partial charge in [-0.2, -0.15) is 0 Å². The van der Waals surface area contributed by atoms with Crippen molar-refractivity contribution in [2.24, 2.45) is 11.8 Å². The lowest BCUT2D eigenvalue weighted by Crippen LogP contribution is -2.34. The molecule has 0 radical (unpaired) electrons. The van der Waals surface area contributed by atoms with Crippen LogP contribution in [0.3, 0.4) is 0 Å². The average Bonchev–Trinajstić information content (AvgIpc) is 3.68. The number of oxazole rings is 1. The van der Waals surface area contributed by atoms with Crippen molar-refractivity contribution in [2.75, 3.05) is 13.2 Å². The number of nitrogens with one attached hydrogen (secondary N) is 1. The zero-order valence-electron chi connectivity index (χ0n) is 20.1. The highest BCUT2D eigenvalue weighted by Crippen LogP contribution is 2.41. The number of alkyl carbamates (subject to hydrolysis) is 1. The number of esters is 1. The maximum absolute atomic E-state index is 13.0. The number of hydrogen-bond acceptors (Lipinski definition) is 8. The Morgan fingerprint density at radius 3 is 2.38 bits per heavy atom. The number of hydrogen-bond donors (Lipinski definition) is 1. The van der Waals surface area contributed by atoms with Gasteiger partial charge < -0.3 is 28.7 Å². The van der Waals surface area contributed by atoms with Gasteiger partial charge in [-0.1, -0.05) is 6.07 Å². The number of carbonyl (C=O) groups excluding carboxylic acids is 2. The lowest BCUT2D eigenvalue weighted by Gasteiger charge is -2.21. The van der Waals surface area contributed by atoms with Gasteiger partial charge in [-0.15, -0.1) is 0 Å². The smallest absolute Gasteiger partial charge is 0.408 e. The zero-order chi connectivity index (χ0) is 24.3. The van der Waals surface area contributed by atoms with Gasteiger partial charge in [0.25, 0.3) is 0 Å². The summed E-state index contributed by atoms with van der Waals surface area (Å²) in [5, 5.41) is 2.64. The summed E-state index contributed by atoms with van der Waals surface area (Å²) < 4.78 is 28.3. The Morgan fingerprint density at radius 1 is 1.09 bits per heavy atom. The van der Waals surface area contributed by atoms with Crippen LogP contribution in [0, 0.1) is 11.8 Å². The number of rotatable bonds is 10. The summed E-state index contributed by atoms with van der Waals surface area (Å²) in [6.45, 7) is 8.11. The maximum atomic E-state index is 13.0. The largest absolute Gasteiger partial charge is 0.489 e. The van der Waals surface area contributed by atoms with Crippen molar-refractivity contribution in [1.29, 1.82) is 0 Å². The van der Waals surface area contributed by atoms with Gasteiger partial charge in [-0.05, 0) is 77.3 Å². The molecule has 1 heterocycles. The third kappa shape index (κ3) is 6.65. The maximum Gasteiger partial charge on any atom is 0.408 e. The summed E-state index contributed by atoms with van der Waals surface area (Å²) in [6, 6.07) is 4.56. The summed E-state index contributed by atoms with van der Waals surface area (Å²) in [4.78, 5) is 29.2. The van der Waals surface area contributed by atoms with E-state index in [-0.39, 0.29) is 17.2 Å². The number of carbonyl (C=O) groups is 2. The van der Waals surface area contributed by atoms with E-state index in [1.165, 1.54) is 0 Å². The molecule has 2 aromatic rings. The molecule has 2 aliphatic carbocycles. The molecule has 1 N–H and O–H groups in total. The molecule has 1 aromatic carbocycles. The highest BCUT2D eigenvalue weighted by Gasteiger charge is 2.29. The number of nitrogens with zero attached hydrogens (tertiary/aromatic N) is 1. The molecule has 0 aliphatic heterocycles. The second kappa shape index (κ2) is 9.95. The van der Waals surface area contributed by atoms with Gasteiger partial charge in [0, 0.05) is 0 Å². The van der Waals surface area contributed by atoms with Crippen LogP contribution in [0.1, 0.15) is 75.7 Å². The van der Waals surface area contributed by atoms with Gasteiger partial charge in [0.15, 0.2) is 29.3 Å². The molecule has 1 amide bonds. The Hall–Kier alpha value is -3.23. The Bertz CT molecular complexity index is 1020. The molecule has 0 spiro atoms. The summed E-state index contributed by atoms with van der Waals surface area (Å²) in [6.07, 6.45) is 5.09. The fraction of sp³-hybridized carbons (Fsp3) is 0.560. The van der Waals surface area contributed by atoms with E-state index >= 15 is 0 Å². The first kappa shape index (κ1) is 23.9. The minimum absolute atomic E-state index is 0.0407. The van der Waals surface area contributed by atoms with E-state index in [9.17, 15) is 9.59 Å². The molecular weight excluding hydrogens is 440 g/mol. The van der Waals surface area contributed by atoms with Crippen LogP contribution in [0.15, 0.2) is 29.0 Å². The van der Waals surface area contributed by atoms with Gasteiger partial charge in [-0.3, -0.25) is 0 Å². The van der Waals surface area contributed by atoms with Crippen LogP contribution in [0.5, 0.6) is 17.2 Å². The molecule has 0 unspecified atom stereocenters. The Balaban J connectivity index is 1.47. The first-order chi connectivity index (χ1) is 16.2. The highest BCUT2D eigenvalue weighted by molar-refractivity contribution is 5.90. The van der Waals surface area contributed by atoms with E-state index in [0.717, 1.165) is 32.1 Å². The summed E-state index contributed by atoms with van der Waals surface area (Å²) in [5.74, 6) is 1.74. The van der Waals surface area contributed by atoms with E-state index in [1.807, 2.05) is 6.07 Å². The first-order valence-corrected chi connectivity index (χ1v) is 11.7. The quantitative estimate of drug-likeness (QED) is 0.378. The molecule has 4 rings (SSSR count).